The Bertz CT molecular complexity index is 546. The first-order chi connectivity index (χ1) is 9.10. The van der Waals surface area contributed by atoms with Crippen LogP contribution in [0, 0.1) is 13.8 Å². The van der Waals surface area contributed by atoms with E-state index in [1.54, 1.807) is 0 Å². The van der Waals surface area contributed by atoms with Crippen molar-refractivity contribution in [3.8, 4) is 11.5 Å². The predicted octanol–water partition coefficient (Wildman–Crippen LogP) is 4.38. The third kappa shape index (κ3) is 3.36. The van der Waals surface area contributed by atoms with Gasteiger partial charge >= 0.3 is 0 Å². The van der Waals surface area contributed by atoms with Crippen LogP contribution >= 0.6 is 0 Å². The maximum Gasteiger partial charge on any atom is 0.130 e. The third-order valence-corrected chi connectivity index (χ3v) is 3.38. The quantitative estimate of drug-likeness (QED) is 0.875. The fourth-order valence-corrected chi connectivity index (χ4v) is 1.94. The monoisotopic (exact) mass is 255 g/mol. The molecule has 2 aromatic rings. The van der Waals surface area contributed by atoms with Gasteiger partial charge in [-0.1, -0.05) is 24.3 Å². The van der Waals surface area contributed by atoms with Gasteiger partial charge in [0.2, 0.25) is 0 Å². The highest BCUT2D eigenvalue weighted by Crippen LogP contribution is 2.27. The lowest BCUT2D eigenvalue weighted by Crippen LogP contribution is -2.11. The molecule has 2 aromatic carbocycles. The van der Waals surface area contributed by atoms with Crippen molar-refractivity contribution in [3.05, 3.63) is 59.2 Å². The number of aryl methyl sites for hydroxylation is 2. The van der Waals surface area contributed by atoms with Crippen LogP contribution in [0.4, 0.5) is 0 Å². The average molecular weight is 255 g/mol. The van der Waals surface area contributed by atoms with Gasteiger partial charge in [0.05, 0.1) is 0 Å². The molecule has 0 amide bonds. The molecule has 1 atom stereocenters. The van der Waals surface area contributed by atoms with Crippen LogP contribution in [0.2, 0.25) is 0 Å². The molecule has 19 heavy (non-hydrogen) atoms. The van der Waals surface area contributed by atoms with E-state index < -0.39 is 0 Å². The highest BCUT2D eigenvalue weighted by Gasteiger charge is 2.04. The molecule has 0 saturated heterocycles. The Balaban J connectivity index is 2.17. The number of benzene rings is 2. The van der Waals surface area contributed by atoms with Crippen LogP contribution in [0.25, 0.3) is 0 Å². The highest BCUT2D eigenvalue weighted by atomic mass is 16.5. The third-order valence-electron chi connectivity index (χ3n) is 3.38. The van der Waals surface area contributed by atoms with Crippen molar-refractivity contribution in [2.45, 2.75) is 26.8 Å². The van der Waals surface area contributed by atoms with Gasteiger partial charge in [0, 0.05) is 6.04 Å². The second-order valence-electron chi connectivity index (χ2n) is 4.95. The molecule has 2 rings (SSSR count). The van der Waals surface area contributed by atoms with Crippen molar-refractivity contribution in [3.63, 3.8) is 0 Å². The molecule has 0 heterocycles. The molecular formula is C17H21NO. The molecule has 0 fully saturated rings. The van der Waals surface area contributed by atoms with Gasteiger partial charge in [0.15, 0.2) is 0 Å². The molecular weight excluding hydrogens is 234 g/mol. The Hall–Kier alpha value is -1.80. The second kappa shape index (κ2) is 5.89. The molecule has 1 N–H and O–H groups in total. The summed E-state index contributed by atoms with van der Waals surface area (Å²) in [5.74, 6) is 1.80. The predicted molar refractivity (Wildman–Crippen MR) is 79.9 cm³/mol. The van der Waals surface area contributed by atoms with Gasteiger partial charge in [0.25, 0.3) is 0 Å². The molecule has 0 aliphatic heterocycles. The first-order valence-electron chi connectivity index (χ1n) is 6.62. The summed E-state index contributed by atoms with van der Waals surface area (Å²) in [6.45, 7) is 6.27. The summed E-state index contributed by atoms with van der Waals surface area (Å²) in [5.41, 5.74) is 3.62. The molecule has 1 unspecified atom stereocenters. The van der Waals surface area contributed by atoms with Gasteiger partial charge in [-0.05, 0) is 62.7 Å². The number of hydrogen-bond donors (Lipinski definition) is 1. The van der Waals surface area contributed by atoms with Crippen LogP contribution in [0.3, 0.4) is 0 Å². The topological polar surface area (TPSA) is 21.3 Å². The molecule has 2 heteroatoms. The summed E-state index contributed by atoms with van der Waals surface area (Å²) in [7, 11) is 1.96. The van der Waals surface area contributed by atoms with E-state index >= 15 is 0 Å². The summed E-state index contributed by atoms with van der Waals surface area (Å²) in [6.07, 6.45) is 0. The normalized spacial score (nSPS) is 12.2. The summed E-state index contributed by atoms with van der Waals surface area (Å²) < 4.78 is 5.94. The summed E-state index contributed by atoms with van der Waals surface area (Å²) >= 11 is 0. The van der Waals surface area contributed by atoms with E-state index in [1.165, 1.54) is 11.1 Å². The number of nitrogens with one attached hydrogen (secondary N) is 1. The van der Waals surface area contributed by atoms with E-state index in [0.29, 0.717) is 6.04 Å². The number of ether oxygens (including phenoxy) is 1. The van der Waals surface area contributed by atoms with E-state index in [9.17, 15) is 0 Å². The molecule has 0 aromatic heterocycles. The SMILES string of the molecule is CNC(C)c1ccc(Oc2cc(C)ccc2C)cc1. The zero-order valence-electron chi connectivity index (χ0n) is 12.0. The van der Waals surface area contributed by atoms with Crippen molar-refractivity contribution in [2.75, 3.05) is 7.05 Å². The minimum atomic E-state index is 0.356. The lowest BCUT2D eigenvalue weighted by atomic mass is 10.1. The number of hydrogen-bond acceptors (Lipinski definition) is 2. The van der Waals surface area contributed by atoms with Crippen LogP contribution < -0.4 is 10.1 Å². The van der Waals surface area contributed by atoms with Crippen LogP contribution in [0.5, 0.6) is 11.5 Å². The number of rotatable bonds is 4. The molecule has 0 spiro atoms. The summed E-state index contributed by atoms with van der Waals surface area (Å²) in [4.78, 5) is 0. The maximum atomic E-state index is 5.94. The first-order valence-corrected chi connectivity index (χ1v) is 6.62. The maximum absolute atomic E-state index is 5.94. The summed E-state index contributed by atoms with van der Waals surface area (Å²) in [6, 6.07) is 14.8. The summed E-state index contributed by atoms with van der Waals surface area (Å²) in [5, 5.41) is 3.23. The van der Waals surface area contributed by atoms with Crippen LogP contribution in [0.1, 0.15) is 29.7 Å². The van der Waals surface area contributed by atoms with Crippen molar-refractivity contribution >= 4 is 0 Å². The van der Waals surface area contributed by atoms with Crippen molar-refractivity contribution in [2.24, 2.45) is 0 Å². The van der Waals surface area contributed by atoms with Crippen LogP contribution in [0.15, 0.2) is 42.5 Å². The van der Waals surface area contributed by atoms with Gasteiger partial charge in [-0.2, -0.15) is 0 Å². The van der Waals surface area contributed by atoms with Crippen molar-refractivity contribution in [1.82, 2.24) is 5.32 Å². The van der Waals surface area contributed by atoms with Gasteiger partial charge in [-0.25, -0.2) is 0 Å². The van der Waals surface area contributed by atoms with E-state index in [2.05, 4.69) is 56.4 Å². The molecule has 0 aliphatic carbocycles. The van der Waals surface area contributed by atoms with Crippen LogP contribution in [-0.2, 0) is 0 Å². The second-order valence-corrected chi connectivity index (χ2v) is 4.95. The Morgan fingerprint density at radius 2 is 1.68 bits per heavy atom. The van der Waals surface area contributed by atoms with Gasteiger partial charge in [0.1, 0.15) is 11.5 Å². The zero-order valence-corrected chi connectivity index (χ0v) is 12.0. The average Bonchev–Trinajstić information content (AvgIpc) is 2.43. The first kappa shape index (κ1) is 13.6. The molecule has 0 bridgehead atoms. The van der Waals surface area contributed by atoms with E-state index in [1.807, 2.05) is 19.2 Å². The van der Waals surface area contributed by atoms with Crippen molar-refractivity contribution in [1.29, 1.82) is 0 Å². The zero-order chi connectivity index (χ0) is 13.8. The lowest BCUT2D eigenvalue weighted by Gasteiger charge is -2.13. The molecule has 0 radical (unpaired) electrons. The van der Waals surface area contributed by atoms with Gasteiger partial charge < -0.3 is 10.1 Å². The largest absolute Gasteiger partial charge is 0.457 e. The van der Waals surface area contributed by atoms with E-state index in [0.717, 1.165) is 17.1 Å². The van der Waals surface area contributed by atoms with Crippen molar-refractivity contribution < 1.29 is 4.74 Å². The minimum Gasteiger partial charge on any atom is -0.457 e. The minimum absolute atomic E-state index is 0.356. The van der Waals surface area contributed by atoms with Gasteiger partial charge in [-0.15, -0.1) is 0 Å². The Labute approximate surface area is 115 Å². The molecule has 0 saturated carbocycles. The molecule has 2 nitrogen and oxygen atoms in total. The van der Waals surface area contributed by atoms with E-state index in [-0.39, 0.29) is 0 Å². The van der Waals surface area contributed by atoms with Crippen LogP contribution in [-0.4, -0.2) is 7.05 Å². The Kier molecular flexibility index (Phi) is 4.23. The highest BCUT2D eigenvalue weighted by molar-refractivity contribution is 5.40. The van der Waals surface area contributed by atoms with Gasteiger partial charge in [-0.3, -0.25) is 0 Å². The lowest BCUT2D eigenvalue weighted by molar-refractivity contribution is 0.478. The Morgan fingerprint density at radius 3 is 2.32 bits per heavy atom. The fraction of sp³-hybridized carbons (Fsp3) is 0.294. The fourth-order valence-electron chi connectivity index (χ4n) is 1.94. The smallest absolute Gasteiger partial charge is 0.130 e. The standard InChI is InChI=1S/C17H21NO/c1-12-5-6-13(2)17(11-12)19-16-9-7-15(8-10-16)14(3)18-4/h5-11,14,18H,1-4H3. The Morgan fingerprint density at radius 1 is 1.00 bits per heavy atom. The molecule has 100 valence electrons. The van der Waals surface area contributed by atoms with E-state index in [4.69, 9.17) is 4.74 Å². The molecule has 0 aliphatic rings.